The van der Waals surface area contributed by atoms with Crippen molar-refractivity contribution in [1.29, 1.82) is 0 Å². The summed E-state index contributed by atoms with van der Waals surface area (Å²) in [7, 11) is -3.87. The lowest BCUT2D eigenvalue weighted by molar-refractivity contribution is 0.0731. The molecule has 0 aliphatic rings. The Balaban J connectivity index is 1.29. The zero-order valence-corrected chi connectivity index (χ0v) is 27.5. The van der Waals surface area contributed by atoms with E-state index in [1.165, 1.54) is 109 Å². The van der Waals surface area contributed by atoms with E-state index in [9.17, 15) is 22.8 Å². The number of esters is 2. The van der Waals surface area contributed by atoms with Crippen LogP contribution >= 0.6 is 34.8 Å². The maximum Gasteiger partial charge on any atom is 0.343 e. The first-order valence-corrected chi connectivity index (χ1v) is 16.4. The third-order valence-electron chi connectivity index (χ3n) is 6.45. The molecule has 0 unspecified atom stereocenters. The Morgan fingerprint density at radius 3 is 1.69 bits per heavy atom. The van der Waals surface area contributed by atoms with Gasteiger partial charge >= 0.3 is 11.9 Å². The Hall–Kier alpha value is -5.20. The SMILES string of the molecule is O=C(N/N=C\c1ccc(OC(=O)c2ccc(Cl)cc2)cc1OC(=O)c1ccc(Cl)cc1)c1ccc(NS(=O)(=O)c2ccc(Cl)cc2)cc1. The molecule has 242 valence electrons. The van der Waals surface area contributed by atoms with Crippen LogP contribution in [0.15, 0.2) is 125 Å². The number of hydrogen-bond donors (Lipinski definition) is 2. The summed E-state index contributed by atoms with van der Waals surface area (Å²) in [5.74, 6) is -1.95. The van der Waals surface area contributed by atoms with E-state index in [1.54, 1.807) is 12.1 Å². The number of nitrogens with zero attached hydrogens (tertiary/aromatic N) is 1. The fourth-order valence-corrected chi connectivity index (χ4v) is 5.45. The summed E-state index contributed by atoms with van der Waals surface area (Å²) in [6.45, 7) is 0. The fraction of sp³-hybridized carbons (Fsp3) is 0. The van der Waals surface area contributed by atoms with E-state index in [0.717, 1.165) is 0 Å². The second-order valence-electron chi connectivity index (χ2n) is 9.83. The molecule has 5 aromatic carbocycles. The molecule has 0 aliphatic heterocycles. The van der Waals surface area contributed by atoms with E-state index < -0.39 is 27.9 Å². The minimum absolute atomic E-state index is 0.0216. The van der Waals surface area contributed by atoms with Crippen LogP contribution in [0, 0.1) is 0 Å². The van der Waals surface area contributed by atoms with Gasteiger partial charge in [0.05, 0.1) is 22.2 Å². The average Bonchev–Trinajstić information content (AvgIpc) is 3.06. The van der Waals surface area contributed by atoms with Crippen LogP contribution < -0.4 is 19.6 Å². The maximum absolute atomic E-state index is 12.9. The first kappa shape index (κ1) is 34.1. The maximum atomic E-state index is 12.9. The number of amides is 1. The lowest BCUT2D eigenvalue weighted by atomic mass is 10.2. The number of nitrogens with one attached hydrogen (secondary N) is 2. The number of hydrogen-bond acceptors (Lipinski definition) is 8. The number of hydrazone groups is 1. The molecule has 0 aromatic heterocycles. The smallest absolute Gasteiger partial charge is 0.343 e. The van der Waals surface area contributed by atoms with E-state index in [-0.39, 0.29) is 44.3 Å². The van der Waals surface area contributed by atoms with Crippen LogP contribution in [0.5, 0.6) is 11.5 Å². The average molecular weight is 723 g/mol. The number of benzene rings is 5. The highest BCUT2D eigenvalue weighted by Crippen LogP contribution is 2.26. The van der Waals surface area contributed by atoms with Crippen LogP contribution in [0.2, 0.25) is 15.1 Å². The third kappa shape index (κ3) is 8.99. The van der Waals surface area contributed by atoms with Gasteiger partial charge in [-0.15, -0.1) is 0 Å². The van der Waals surface area contributed by atoms with Gasteiger partial charge in [0, 0.05) is 37.9 Å². The number of rotatable bonds is 10. The second-order valence-corrected chi connectivity index (χ2v) is 12.8. The predicted molar refractivity (Wildman–Crippen MR) is 183 cm³/mol. The van der Waals surface area contributed by atoms with Gasteiger partial charge in [0.15, 0.2) is 0 Å². The summed E-state index contributed by atoms with van der Waals surface area (Å²) in [6.07, 6.45) is 1.24. The Labute approximate surface area is 289 Å². The fourth-order valence-electron chi connectivity index (χ4n) is 4.01. The molecule has 0 heterocycles. The van der Waals surface area contributed by atoms with Gasteiger partial charge in [-0.1, -0.05) is 34.8 Å². The van der Waals surface area contributed by atoms with E-state index in [1.807, 2.05) is 0 Å². The molecule has 48 heavy (non-hydrogen) atoms. The first-order chi connectivity index (χ1) is 23.0. The van der Waals surface area contributed by atoms with Gasteiger partial charge in [0.1, 0.15) is 11.5 Å². The van der Waals surface area contributed by atoms with Crippen LogP contribution in [0.4, 0.5) is 5.69 Å². The third-order valence-corrected chi connectivity index (χ3v) is 8.60. The molecule has 0 aliphatic carbocycles. The van der Waals surface area contributed by atoms with Crippen LogP contribution in [-0.2, 0) is 10.0 Å². The zero-order valence-electron chi connectivity index (χ0n) is 24.4. The Morgan fingerprint density at radius 2 is 1.12 bits per heavy atom. The molecule has 0 fully saturated rings. The van der Waals surface area contributed by atoms with Gasteiger partial charge < -0.3 is 9.47 Å². The van der Waals surface area contributed by atoms with Crippen LogP contribution in [-0.4, -0.2) is 32.5 Å². The van der Waals surface area contributed by atoms with Crippen molar-refractivity contribution in [1.82, 2.24) is 5.43 Å². The summed E-state index contributed by atoms with van der Waals surface area (Å²) in [6, 6.07) is 27.7. The molecule has 14 heteroatoms. The molecular formula is C34H22Cl3N3O7S. The molecule has 2 N–H and O–H groups in total. The molecule has 0 saturated carbocycles. The molecule has 0 spiro atoms. The highest BCUT2D eigenvalue weighted by atomic mass is 35.5. The van der Waals surface area contributed by atoms with Crippen molar-refractivity contribution in [3.8, 4) is 11.5 Å². The molecule has 5 rings (SSSR count). The Morgan fingerprint density at radius 1 is 0.625 bits per heavy atom. The second kappa shape index (κ2) is 15.1. The van der Waals surface area contributed by atoms with Crippen molar-refractivity contribution >= 4 is 74.6 Å². The molecule has 0 radical (unpaired) electrons. The largest absolute Gasteiger partial charge is 0.423 e. The standard InChI is InChI=1S/C34H22Cl3N3O7S/c35-25-8-1-22(2-9-25)33(42)46-29-16-7-24(31(19-29)47-34(43)23-3-10-26(36)11-4-23)20-38-39-32(41)21-5-14-28(15-6-21)40-48(44,45)30-17-12-27(37)13-18-30/h1-20,40H,(H,39,41)/b38-20-. The molecule has 0 atom stereocenters. The lowest BCUT2D eigenvalue weighted by Gasteiger charge is -2.11. The van der Waals surface area contributed by atoms with Crippen LogP contribution in [0.25, 0.3) is 0 Å². The Kier molecular flexibility index (Phi) is 10.8. The van der Waals surface area contributed by atoms with Crippen molar-refractivity contribution in [3.05, 3.63) is 153 Å². The van der Waals surface area contributed by atoms with Crippen LogP contribution in [0.1, 0.15) is 36.6 Å². The normalized spacial score (nSPS) is 11.1. The highest BCUT2D eigenvalue weighted by molar-refractivity contribution is 7.92. The lowest BCUT2D eigenvalue weighted by Crippen LogP contribution is -2.18. The summed E-state index contributed by atoms with van der Waals surface area (Å²) in [5, 5.41) is 5.25. The summed E-state index contributed by atoms with van der Waals surface area (Å²) in [4.78, 5) is 38.3. The number of ether oxygens (including phenoxy) is 2. The zero-order chi connectivity index (χ0) is 34.3. The summed E-state index contributed by atoms with van der Waals surface area (Å²) < 4.78 is 38.7. The van der Waals surface area contributed by atoms with Crippen molar-refractivity contribution in [3.63, 3.8) is 0 Å². The number of sulfonamides is 1. The molecule has 10 nitrogen and oxygen atoms in total. The molecular weight excluding hydrogens is 701 g/mol. The minimum Gasteiger partial charge on any atom is -0.423 e. The number of halogens is 3. The quantitative estimate of drug-likeness (QED) is 0.0653. The molecule has 0 bridgehead atoms. The van der Waals surface area contributed by atoms with Crippen molar-refractivity contribution in [2.45, 2.75) is 4.90 Å². The van der Waals surface area contributed by atoms with E-state index >= 15 is 0 Å². The Bertz CT molecular complexity index is 2110. The number of anilines is 1. The summed E-state index contributed by atoms with van der Waals surface area (Å²) in [5.41, 5.74) is 3.49. The van der Waals surface area contributed by atoms with Gasteiger partial charge in [0.25, 0.3) is 15.9 Å². The molecule has 0 saturated heterocycles. The number of carbonyl (C=O) groups is 3. The van der Waals surface area contributed by atoms with Gasteiger partial charge in [-0.25, -0.2) is 23.4 Å². The number of carbonyl (C=O) groups excluding carboxylic acids is 3. The molecule has 5 aromatic rings. The molecule has 1 amide bonds. The van der Waals surface area contributed by atoms with E-state index in [2.05, 4.69) is 15.2 Å². The van der Waals surface area contributed by atoms with E-state index in [0.29, 0.717) is 15.1 Å². The highest BCUT2D eigenvalue weighted by Gasteiger charge is 2.17. The summed E-state index contributed by atoms with van der Waals surface area (Å²) >= 11 is 17.7. The monoisotopic (exact) mass is 721 g/mol. The predicted octanol–water partition coefficient (Wildman–Crippen LogP) is 7.65. The van der Waals surface area contributed by atoms with Gasteiger partial charge in [-0.05, 0) is 109 Å². The minimum atomic E-state index is -3.87. The van der Waals surface area contributed by atoms with E-state index in [4.69, 9.17) is 44.3 Å². The first-order valence-electron chi connectivity index (χ1n) is 13.8. The van der Waals surface area contributed by atoms with Gasteiger partial charge in [-0.2, -0.15) is 5.10 Å². The van der Waals surface area contributed by atoms with Crippen molar-refractivity contribution in [2.75, 3.05) is 4.72 Å². The van der Waals surface area contributed by atoms with Gasteiger partial charge in [-0.3, -0.25) is 9.52 Å². The van der Waals surface area contributed by atoms with Crippen molar-refractivity contribution in [2.24, 2.45) is 5.10 Å². The van der Waals surface area contributed by atoms with Crippen LogP contribution in [0.3, 0.4) is 0 Å². The topological polar surface area (TPSA) is 140 Å². The van der Waals surface area contributed by atoms with Gasteiger partial charge in [0.2, 0.25) is 0 Å². The van der Waals surface area contributed by atoms with Crippen molar-refractivity contribution < 1.29 is 32.3 Å².